The lowest BCUT2D eigenvalue weighted by Crippen LogP contribution is -1.84. The third kappa shape index (κ3) is 1.44. The zero-order chi connectivity index (χ0) is 9.10. The fourth-order valence-electron chi connectivity index (χ4n) is 0.967. The summed E-state index contributed by atoms with van der Waals surface area (Å²) in [5.74, 6) is 0.503. The maximum absolute atomic E-state index is 10.5. The molecule has 63 valence electrons. The van der Waals surface area contributed by atoms with Crippen molar-refractivity contribution in [1.82, 2.24) is 20.6 Å². The topological polar surface area (TPSA) is 71.5 Å². The molecule has 1 heterocycles. The number of tetrazole rings is 1. The van der Waals surface area contributed by atoms with Gasteiger partial charge < -0.3 is 0 Å². The van der Waals surface area contributed by atoms with E-state index in [9.17, 15) is 4.79 Å². The van der Waals surface area contributed by atoms with Crippen molar-refractivity contribution in [2.24, 2.45) is 0 Å². The molecular formula is C8H5N4O. The molecule has 0 aliphatic rings. The molecule has 0 aliphatic heterocycles. The Bertz CT molecular complexity index is 410. The number of hydrogen-bond donors (Lipinski definition) is 1. The molecule has 5 heteroatoms. The molecule has 0 spiro atoms. The number of carbonyl (C=O) groups is 1. The molecule has 2 rings (SSSR count). The highest BCUT2D eigenvalue weighted by molar-refractivity contribution is 5.77. The zero-order valence-electron chi connectivity index (χ0n) is 6.56. The highest BCUT2D eigenvalue weighted by atomic mass is 16.1. The summed E-state index contributed by atoms with van der Waals surface area (Å²) in [6.45, 7) is 0. The first-order chi connectivity index (χ1) is 6.40. The quantitative estimate of drug-likeness (QED) is 0.670. The van der Waals surface area contributed by atoms with Gasteiger partial charge in [0.2, 0.25) is 0 Å². The van der Waals surface area contributed by atoms with E-state index in [1.54, 1.807) is 18.2 Å². The molecule has 1 aromatic heterocycles. The van der Waals surface area contributed by atoms with Crippen LogP contribution in [-0.2, 0) is 0 Å². The Balaban J connectivity index is 2.47. The lowest BCUT2D eigenvalue weighted by atomic mass is 10.1. The first kappa shape index (κ1) is 7.60. The minimum Gasteiger partial charge on any atom is -0.298 e. The van der Waals surface area contributed by atoms with Gasteiger partial charge in [0.05, 0.1) is 0 Å². The van der Waals surface area contributed by atoms with E-state index in [2.05, 4.69) is 26.7 Å². The molecule has 1 aromatic carbocycles. The van der Waals surface area contributed by atoms with Crippen LogP contribution >= 0.6 is 0 Å². The summed E-state index contributed by atoms with van der Waals surface area (Å²) in [7, 11) is 0. The van der Waals surface area contributed by atoms with E-state index in [-0.39, 0.29) is 0 Å². The molecule has 0 amide bonds. The fraction of sp³-hybridized carbons (Fsp3) is 0. The third-order valence-corrected chi connectivity index (χ3v) is 1.56. The van der Waals surface area contributed by atoms with Gasteiger partial charge in [-0.2, -0.15) is 0 Å². The second-order valence-corrected chi connectivity index (χ2v) is 2.40. The Labute approximate surface area is 73.8 Å². The number of aldehydes is 1. The molecule has 1 radical (unpaired) electrons. The van der Waals surface area contributed by atoms with Crippen LogP contribution in [0.3, 0.4) is 0 Å². The Morgan fingerprint density at radius 2 is 2.46 bits per heavy atom. The predicted molar refractivity (Wildman–Crippen MR) is 43.8 cm³/mol. The average molecular weight is 173 g/mol. The minimum absolute atomic E-state index is 0.503. The van der Waals surface area contributed by atoms with E-state index in [4.69, 9.17) is 0 Å². The van der Waals surface area contributed by atoms with Crippen molar-refractivity contribution in [2.75, 3.05) is 0 Å². The van der Waals surface area contributed by atoms with Crippen molar-refractivity contribution < 1.29 is 4.79 Å². The van der Waals surface area contributed by atoms with E-state index in [0.29, 0.717) is 17.0 Å². The predicted octanol–water partition coefficient (Wildman–Crippen LogP) is 0.479. The second kappa shape index (κ2) is 3.14. The molecule has 0 saturated carbocycles. The fourth-order valence-corrected chi connectivity index (χ4v) is 0.967. The number of aromatic nitrogens is 4. The smallest absolute Gasteiger partial charge is 0.180 e. The van der Waals surface area contributed by atoms with Crippen LogP contribution in [-0.4, -0.2) is 26.9 Å². The normalized spacial score (nSPS) is 9.85. The van der Waals surface area contributed by atoms with Gasteiger partial charge in [-0.3, -0.25) is 4.79 Å². The molecule has 0 unspecified atom stereocenters. The Hall–Kier alpha value is -2.04. The number of nitrogens with zero attached hydrogens (tertiary/aromatic N) is 3. The molecule has 0 aliphatic carbocycles. The maximum atomic E-state index is 10.5. The van der Waals surface area contributed by atoms with Crippen LogP contribution in [0.15, 0.2) is 18.2 Å². The highest BCUT2D eigenvalue weighted by Gasteiger charge is 2.01. The van der Waals surface area contributed by atoms with Crippen LogP contribution in [0.4, 0.5) is 0 Å². The van der Waals surface area contributed by atoms with Crippen molar-refractivity contribution in [3.63, 3.8) is 0 Å². The molecule has 0 saturated heterocycles. The maximum Gasteiger partial charge on any atom is 0.180 e. The first-order valence-corrected chi connectivity index (χ1v) is 3.61. The van der Waals surface area contributed by atoms with Crippen LogP contribution in [0.2, 0.25) is 0 Å². The van der Waals surface area contributed by atoms with Gasteiger partial charge in [0.25, 0.3) is 0 Å². The van der Waals surface area contributed by atoms with Gasteiger partial charge >= 0.3 is 0 Å². The van der Waals surface area contributed by atoms with Gasteiger partial charge in [-0.15, -0.1) is 5.10 Å². The number of rotatable bonds is 2. The van der Waals surface area contributed by atoms with E-state index < -0.39 is 0 Å². The summed E-state index contributed by atoms with van der Waals surface area (Å²) < 4.78 is 0. The van der Waals surface area contributed by atoms with Gasteiger partial charge in [0, 0.05) is 11.1 Å². The minimum atomic E-state index is 0.503. The summed E-state index contributed by atoms with van der Waals surface area (Å²) in [6, 6.07) is 7.90. The van der Waals surface area contributed by atoms with Crippen molar-refractivity contribution >= 4 is 6.29 Å². The van der Waals surface area contributed by atoms with Crippen LogP contribution in [0.1, 0.15) is 10.4 Å². The Morgan fingerprint density at radius 1 is 1.54 bits per heavy atom. The lowest BCUT2D eigenvalue weighted by molar-refractivity contribution is 0.112. The van der Waals surface area contributed by atoms with Crippen molar-refractivity contribution in [3.05, 3.63) is 29.8 Å². The van der Waals surface area contributed by atoms with Gasteiger partial charge in [-0.05, 0) is 22.6 Å². The molecular weight excluding hydrogens is 168 g/mol. The SMILES string of the molecule is O=Cc1cc[c]c(-c2nnn[nH]2)c1. The number of aromatic amines is 1. The zero-order valence-corrected chi connectivity index (χ0v) is 6.56. The molecule has 0 fully saturated rings. The third-order valence-electron chi connectivity index (χ3n) is 1.56. The van der Waals surface area contributed by atoms with E-state index in [1.165, 1.54) is 0 Å². The molecule has 2 aromatic rings. The highest BCUT2D eigenvalue weighted by Crippen LogP contribution is 2.12. The van der Waals surface area contributed by atoms with Crippen molar-refractivity contribution in [2.45, 2.75) is 0 Å². The lowest BCUT2D eigenvalue weighted by Gasteiger charge is -1.93. The number of H-pyrrole nitrogens is 1. The van der Waals surface area contributed by atoms with Gasteiger partial charge in [0.1, 0.15) is 6.29 Å². The number of nitrogens with one attached hydrogen (secondary N) is 1. The first-order valence-electron chi connectivity index (χ1n) is 3.61. The summed E-state index contributed by atoms with van der Waals surface area (Å²) in [5.41, 5.74) is 1.25. The van der Waals surface area contributed by atoms with Crippen LogP contribution in [0.25, 0.3) is 11.4 Å². The van der Waals surface area contributed by atoms with Crippen LogP contribution < -0.4 is 0 Å². The summed E-state index contributed by atoms with van der Waals surface area (Å²) in [6.07, 6.45) is 0.765. The Morgan fingerprint density at radius 3 is 3.15 bits per heavy atom. The summed E-state index contributed by atoms with van der Waals surface area (Å²) >= 11 is 0. The largest absolute Gasteiger partial charge is 0.298 e. The van der Waals surface area contributed by atoms with E-state index >= 15 is 0 Å². The Kier molecular flexibility index (Phi) is 1.84. The van der Waals surface area contributed by atoms with Crippen molar-refractivity contribution in [1.29, 1.82) is 0 Å². The molecule has 0 bridgehead atoms. The molecule has 13 heavy (non-hydrogen) atoms. The summed E-state index contributed by atoms with van der Waals surface area (Å²) in [5, 5.41) is 13.1. The van der Waals surface area contributed by atoms with Crippen molar-refractivity contribution in [3.8, 4) is 11.4 Å². The van der Waals surface area contributed by atoms with Crippen LogP contribution in [0, 0.1) is 6.07 Å². The standard InChI is InChI=1S/C8H5N4O/c13-5-6-2-1-3-7(4-6)8-9-11-12-10-8/h1-2,4-5H,(H,9,10,11,12). The number of benzene rings is 1. The second-order valence-electron chi connectivity index (χ2n) is 2.40. The monoisotopic (exact) mass is 173 g/mol. The molecule has 5 nitrogen and oxygen atoms in total. The van der Waals surface area contributed by atoms with E-state index in [0.717, 1.165) is 6.29 Å². The number of hydrogen-bond acceptors (Lipinski definition) is 4. The van der Waals surface area contributed by atoms with Gasteiger partial charge in [-0.1, -0.05) is 12.1 Å². The molecule has 0 atom stereocenters. The van der Waals surface area contributed by atoms with Gasteiger partial charge in [-0.25, -0.2) is 5.10 Å². The van der Waals surface area contributed by atoms with Gasteiger partial charge in [0.15, 0.2) is 5.82 Å². The number of carbonyl (C=O) groups excluding carboxylic acids is 1. The van der Waals surface area contributed by atoms with E-state index in [1.807, 2.05) is 0 Å². The van der Waals surface area contributed by atoms with Crippen LogP contribution in [0.5, 0.6) is 0 Å². The summed E-state index contributed by atoms with van der Waals surface area (Å²) in [4.78, 5) is 10.5. The molecule has 1 N–H and O–H groups in total. The average Bonchev–Trinajstić information content (AvgIpc) is 2.71.